The van der Waals surface area contributed by atoms with Crippen LogP contribution in [0.4, 0.5) is 9.18 Å². The number of hydrogen-bond acceptors (Lipinski definition) is 7. The van der Waals surface area contributed by atoms with Crippen LogP contribution in [0.15, 0.2) is 42.5 Å². The monoisotopic (exact) mass is 503 g/mol. The lowest BCUT2D eigenvalue weighted by Crippen LogP contribution is -2.58. The van der Waals surface area contributed by atoms with Gasteiger partial charge in [0.05, 0.1) is 26.9 Å². The van der Waals surface area contributed by atoms with Gasteiger partial charge in [-0.05, 0) is 57.4 Å². The number of likely N-dealkylation sites (tertiary alicyclic amines) is 1. The Morgan fingerprint density at radius 2 is 1.81 bits per heavy atom. The number of nitrogens with zero attached hydrogens (tertiary/aromatic N) is 1. The molecule has 0 unspecified atom stereocenters. The number of halogens is 1. The highest BCUT2D eigenvalue weighted by Crippen LogP contribution is 2.46. The van der Waals surface area contributed by atoms with E-state index < -0.39 is 29.2 Å². The van der Waals surface area contributed by atoms with Crippen molar-refractivity contribution >= 4 is 12.1 Å². The summed E-state index contributed by atoms with van der Waals surface area (Å²) in [5, 5.41) is 0. The van der Waals surface area contributed by atoms with Crippen LogP contribution in [0.5, 0.6) is 11.5 Å². The average molecular weight is 504 g/mol. The Morgan fingerprint density at radius 1 is 1.08 bits per heavy atom. The van der Waals surface area contributed by atoms with Gasteiger partial charge in [-0.25, -0.2) is 14.0 Å². The van der Waals surface area contributed by atoms with E-state index in [1.807, 2.05) is 0 Å². The molecule has 1 fully saturated rings. The zero-order valence-electron chi connectivity index (χ0n) is 21.6. The van der Waals surface area contributed by atoms with Crippen LogP contribution in [0.2, 0.25) is 0 Å². The Hall–Kier alpha value is -3.33. The third-order valence-corrected chi connectivity index (χ3v) is 6.06. The number of benzene rings is 2. The van der Waals surface area contributed by atoms with E-state index in [1.54, 1.807) is 57.2 Å². The number of carbonyl (C=O) groups is 2. The van der Waals surface area contributed by atoms with Gasteiger partial charge < -0.3 is 23.7 Å². The van der Waals surface area contributed by atoms with Crippen molar-refractivity contribution in [1.82, 2.24) is 4.90 Å². The molecule has 196 valence electrons. The van der Waals surface area contributed by atoms with Gasteiger partial charge in [-0.1, -0.05) is 24.3 Å². The maximum Gasteiger partial charge on any atom is 0.411 e. The normalized spacial score (nSPS) is 19.6. The third-order valence-electron chi connectivity index (χ3n) is 6.06. The molecule has 0 N–H and O–H groups in total. The molecule has 0 aliphatic carbocycles. The summed E-state index contributed by atoms with van der Waals surface area (Å²) in [4.78, 5) is 27.8. The molecular weight excluding hydrogens is 469 g/mol. The molecule has 36 heavy (non-hydrogen) atoms. The molecule has 1 saturated heterocycles. The van der Waals surface area contributed by atoms with E-state index in [9.17, 15) is 14.0 Å². The molecular formula is C27H34FNO7. The second kappa shape index (κ2) is 11.2. The highest BCUT2D eigenvalue weighted by atomic mass is 19.1. The number of ether oxygens (including phenoxy) is 5. The molecule has 9 heteroatoms. The molecule has 1 aliphatic rings. The van der Waals surface area contributed by atoms with Crippen molar-refractivity contribution < 1.29 is 37.7 Å². The topological polar surface area (TPSA) is 83.5 Å². The molecule has 1 aliphatic heterocycles. The zero-order chi connectivity index (χ0) is 26.5. The van der Waals surface area contributed by atoms with E-state index in [0.29, 0.717) is 29.9 Å². The fraction of sp³-hybridized carbons (Fsp3) is 0.481. The van der Waals surface area contributed by atoms with Gasteiger partial charge in [0.2, 0.25) is 0 Å². The lowest BCUT2D eigenvalue weighted by molar-refractivity contribution is -0.157. The largest absolute Gasteiger partial charge is 0.493 e. The summed E-state index contributed by atoms with van der Waals surface area (Å²) in [6.07, 6.45) is 0.146. The van der Waals surface area contributed by atoms with E-state index in [4.69, 9.17) is 23.7 Å². The van der Waals surface area contributed by atoms with Crippen LogP contribution in [0, 0.1) is 5.82 Å². The van der Waals surface area contributed by atoms with Crippen LogP contribution in [0.3, 0.4) is 0 Å². The molecule has 0 radical (unpaired) electrons. The second-order valence-corrected chi connectivity index (χ2v) is 9.65. The number of esters is 1. The van der Waals surface area contributed by atoms with Crippen LogP contribution in [0.25, 0.3) is 0 Å². The van der Waals surface area contributed by atoms with Crippen molar-refractivity contribution in [3.63, 3.8) is 0 Å². The van der Waals surface area contributed by atoms with Gasteiger partial charge >= 0.3 is 12.1 Å². The van der Waals surface area contributed by atoms with E-state index in [-0.39, 0.29) is 19.0 Å². The Labute approximate surface area is 211 Å². The van der Waals surface area contributed by atoms with Crippen molar-refractivity contribution in [2.24, 2.45) is 0 Å². The zero-order valence-corrected chi connectivity index (χ0v) is 21.6. The summed E-state index contributed by atoms with van der Waals surface area (Å²) in [5.41, 5.74) is -0.985. The van der Waals surface area contributed by atoms with E-state index in [1.165, 1.54) is 32.3 Å². The molecule has 0 bridgehead atoms. The molecule has 2 aromatic carbocycles. The minimum absolute atomic E-state index is 0.0229. The fourth-order valence-corrected chi connectivity index (χ4v) is 4.46. The number of rotatable bonds is 8. The lowest BCUT2D eigenvalue weighted by atomic mass is 9.97. The standard InChI is InChI=1S/C27H34FNO7/c1-26(2,3)36-25(31)29-21(13-14-27(29,17-32-4)24(30)34-6)18-11-12-22(23(15-18)33-5)35-16-19-9-7-8-10-20(19)28/h7-12,15,21H,13-14,16-17H2,1-6H3/t21-,27-/m1/s1. The van der Waals surface area contributed by atoms with Crippen LogP contribution in [-0.4, -0.2) is 56.0 Å². The summed E-state index contributed by atoms with van der Waals surface area (Å²) in [5.74, 6) is -0.100. The second-order valence-electron chi connectivity index (χ2n) is 9.65. The molecule has 0 spiro atoms. The Bertz CT molecular complexity index is 1080. The molecule has 0 aromatic heterocycles. The van der Waals surface area contributed by atoms with Gasteiger partial charge in [0, 0.05) is 12.7 Å². The van der Waals surface area contributed by atoms with Gasteiger partial charge in [0.1, 0.15) is 18.0 Å². The maximum absolute atomic E-state index is 14.0. The minimum atomic E-state index is -1.34. The molecule has 1 heterocycles. The summed E-state index contributed by atoms with van der Waals surface area (Å²) in [7, 11) is 4.25. The van der Waals surface area contributed by atoms with Gasteiger partial charge in [-0.15, -0.1) is 0 Å². The van der Waals surface area contributed by atoms with Crippen LogP contribution in [-0.2, 0) is 25.6 Å². The average Bonchev–Trinajstić information content (AvgIpc) is 3.22. The first-order valence-corrected chi connectivity index (χ1v) is 11.7. The Balaban J connectivity index is 1.96. The predicted molar refractivity (Wildman–Crippen MR) is 130 cm³/mol. The van der Waals surface area contributed by atoms with E-state index in [2.05, 4.69) is 0 Å². The van der Waals surface area contributed by atoms with Gasteiger partial charge in [-0.3, -0.25) is 4.90 Å². The van der Waals surface area contributed by atoms with Crippen molar-refractivity contribution in [2.45, 2.75) is 57.4 Å². The highest BCUT2D eigenvalue weighted by Gasteiger charge is 2.56. The number of amides is 1. The quantitative estimate of drug-likeness (QED) is 0.467. The third kappa shape index (κ3) is 5.73. The smallest absolute Gasteiger partial charge is 0.411 e. The SMILES string of the molecule is COC[C@@]1(C(=O)OC)CC[C@H](c2ccc(OCc3ccccc3F)c(OC)c2)N1C(=O)OC(C)(C)C. The molecule has 0 saturated carbocycles. The van der Waals surface area contributed by atoms with Crippen molar-refractivity contribution in [3.05, 3.63) is 59.4 Å². The number of methoxy groups -OCH3 is 3. The maximum atomic E-state index is 14.0. The Kier molecular flexibility index (Phi) is 8.45. The first kappa shape index (κ1) is 27.3. The highest BCUT2D eigenvalue weighted by molar-refractivity contribution is 5.87. The van der Waals surface area contributed by atoms with Gasteiger partial charge in [-0.2, -0.15) is 0 Å². The van der Waals surface area contributed by atoms with Crippen molar-refractivity contribution in [2.75, 3.05) is 27.9 Å². The summed E-state index contributed by atoms with van der Waals surface area (Å²) < 4.78 is 41.5. The number of hydrogen-bond donors (Lipinski definition) is 0. The van der Waals surface area contributed by atoms with Crippen molar-refractivity contribution in [1.29, 1.82) is 0 Å². The molecule has 8 nitrogen and oxygen atoms in total. The Morgan fingerprint density at radius 3 is 2.42 bits per heavy atom. The molecule has 3 rings (SSSR count). The first-order chi connectivity index (χ1) is 17.1. The minimum Gasteiger partial charge on any atom is -0.493 e. The summed E-state index contributed by atoms with van der Waals surface area (Å²) >= 11 is 0. The van der Waals surface area contributed by atoms with Crippen LogP contribution >= 0.6 is 0 Å². The lowest BCUT2D eigenvalue weighted by Gasteiger charge is -2.39. The van der Waals surface area contributed by atoms with E-state index in [0.717, 1.165) is 5.56 Å². The van der Waals surface area contributed by atoms with Crippen molar-refractivity contribution in [3.8, 4) is 11.5 Å². The first-order valence-electron chi connectivity index (χ1n) is 11.7. The number of carbonyl (C=O) groups excluding carboxylic acids is 2. The predicted octanol–water partition coefficient (Wildman–Crippen LogP) is 5.04. The fourth-order valence-electron chi connectivity index (χ4n) is 4.46. The summed E-state index contributed by atoms with van der Waals surface area (Å²) in [6.45, 7) is 5.26. The molecule has 1 amide bonds. The van der Waals surface area contributed by atoms with Crippen LogP contribution < -0.4 is 9.47 Å². The summed E-state index contributed by atoms with van der Waals surface area (Å²) in [6, 6.07) is 11.1. The molecule has 2 atom stereocenters. The van der Waals surface area contributed by atoms with E-state index >= 15 is 0 Å². The van der Waals surface area contributed by atoms with Crippen LogP contribution in [0.1, 0.15) is 50.8 Å². The molecule has 2 aromatic rings. The van der Waals surface area contributed by atoms with Gasteiger partial charge in [0.15, 0.2) is 17.0 Å². The van der Waals surface area contributed by atoms with Gasteiger partial charge in [0.25, 0.3) is 0 Å².